The first-order valence-corrected chi connectivity index (χ1v) is 13.6. The van der Waals surface area contributed by atoms with E-state index < -0.39 is 15.9 Å². The van der Waals surface area contributed by atoms with Crippen molar-refractivity contribution in [3.05, 3.63) is 94.5 Å². The van der Waals surface area contributed by atoms with Crippen molar-refractivity contribution in [2.45, 2.75) is 24.9 Å². The van der Waals surface area contributed by atoms with Gasteiger partial charge in [-0.1, -0.05) is 53.6 Å². The lowest BCUT2D eigenvalue weighted by Gasteiger charge is -2.26. The van der Waals surface area contributed by atoms with E-state index in [1.165, 1.54) is 0 Å². The Bertz CT molecular complexity index is 1280. The Morgan fingerprint density at radius 1 is 1.00 bits per heavy atom. The molecule has 1 N–H and O–H groups in total. The van der Waals surface area contributed by atoms with Crippen LogP contribution in [0.5, 0.6) is 0 Å². The molecule has 36 heavy (non-hydrogen) atoms. The molecule has 0 bridgehead atoms. The van der Waals surface area contributed by atoms with Crippen LogP contribution in [-0.2, 0) is 32.6 Å². The first kappa shape index (κ1) is 26.2. The van der Waals surface area contributed by atoms with E-state index in [2.05, 4.69) is 22.3 Å². The first-order chi connectivity index (χ1) is 17.3. The molecule has 0 saturated carbocycles. The van der Waals surface area contributed by atoms with Gasteiger partial charge in [-0.15, -0.1) is 0 Å². The Labute approximate surface area is 217 Å². The molecule has 190 valence electrons. The maximum atomic E-state index is 13.5. The molecule has 0 aliphatic carbocycles. The zero-order valence-electron chi connectivity index (χ0n) is 20.2. The number of carbonyl (C=O) groups is 1. The molecular weight excluding hydrogens is 498 g/mol. The number of nitrogens with zero attached hydrogens (tertiary/aromatic N) is 2. The van der Waals surface area contributed by atoms with Gasteiger partial charge >= 0.3 is 0 Å². The van der Waals surface area contributed by atoms with Crippen LogP contribution >= 0.6 is 11.6 Å². The van der Waals surface area contributed by atoms with E-state index in [9.17, 15) is 13.2 Å². The molecular formula is C27H30ClN3O4S. The van der Waals surface area contributed by atoms with Crippen LogP contribution in [0.25, 0.3) is 0 Å². The van der Waals surface area contributed by atoms with Gasteiger partial charge in [0.25, 0.3) is 10.0 Å². The highest BCUT2D eigenvalue weighted by molar-refractivity contribution is 7.92. The van der Waals surface area contributed by atoms with Crippen LogP contribution in [0.3, 0.4) is 0 Å². The van der Waals surface area contributed by atoms with Crippen molar-refractivity contribution in [2.24, 2.45) is 0 Å². The minimum atomic E-state index is -3.97. The topological polar surface area (TPSA) is 79.0 Å². The number of aryl methyl sites for hydroxylation is 1. The lowest BCUT2D eigenvalue weighted by Crippen LogP contribution is -2.40. The van der Waals surface area contributed by atoms with Gasteiger partial charge in [-0.25, -0.2) is 8.42 Å². The summed E-state index contributed by atoms with van der Waals surface area (Å²) in [6, 6.07) is 21.0. The minimum absolute atomic E-state index is 0.117. The van der Waals surface area contributed by atoms with Crippen molar-refractivity contribution in [3.63, 3.8) is 0 Å². The molecule has 1 fully saturated rings. The number of hydrogen-bond acceptors (Lipinski definition) is 5. The highest BCUT2D eigenvalue weighted by atomic mass is 35.5. The molecule has 1 amide bonds. The normalized spacial score (nSPS) is 14.4. The monoisotopic (exact) mass is 527 g/mol. The average Bonchev–Trinajstić information content (AvgIpc) is 2.88. The molecule has 1 saturated heterocycles. The number of sulfonamides is 1. The fraction of sp³-hybridized carbons (Fsp3) is 0.296. The largest absolute Gasteiger partial charge is 0.379 e. The van der Waals surface area contributed by atoms with Crippen LogP contribution in [0.2, 0.25) is 5.02 Å². The predicted molar refractivity (Wildman–Crippen MR) is 142 cm³/mol. The van der Waals surface area contributed by atoms with Crippen LogP contribution < -0.4 is 9.62 Å². The fourth-order valence-corrected chi connectivity index (χ4v) is 5.55. The van der Waals surface area contributed by atoms with Crippen molar-refractivity contribution in [1.82, 2.24) is 10.2 Å². The Morgan fingerprint density at radius 2 is 1.67 bits per heavy atom. The molecule has 1 heterocycles. The summed E-state index contributed by atoms with van der Waals surface area (Å²) in [5.74, 6) is -0.404. The minimum Gasteiger partial charge on any atom is -0.379 e. The number of rotatable bonds is 9. The number of ether oxygens (including phenoxy) is 1. The second kappa shape index (κ2) is 11.9. The lowest BCUT2D eigenvalue weighted by molar-refractivity contribution is -0.119. The number of nitrogens with one attached hydrogen (secondary N) is 1. The summed E-state index contributed by atoms with van der Waals surface area (Å²) in [5, 5.41) is 3.35. The summed E-state index contributed by atoms with van der Waals surface area (Å²) in [5.41, 5.74) is 3.42. The quantitative estimate of drug-likeness (QED) is 0.455. The van der Waals surface area contributed by atoms with Crippen LogP contribution in [0.1, 0.15) is 16.7 Å². The van der Waals surface area contributed by atoms with E-state index in [0.29, 0.717) is 17.3 Å². The lowest BCUT2D eigenvalue weighted by atomic mass is 10.1. The third-order valence-electron chi connectivity index (χ3n) is 6.00. The van der Waals surface area contributed by atoms with Crippen molar-refractivity contribution in [3.8, 4) is 0 Å². The molecule has 7 nitrogen and oxygen atoms in total. The van der Waals surface area contributed by atoms with Crippen LogP contribution in [0.15, 0.2) is 77.7 Å². The standard InChI is InChI=1S/C27H30ClN3O4S/c1-21-5-11-26(12-6-21)36(33,34)31(25-9-7-24(28)8-10-25)20-27(32)29-18-22-3-2-4-23(17-22)19-30-13-15-35-16-14-30/h2-12,17H,13-16,18-20H2,1H3,(H,29,32). The summed E-state index contributed by atoms with van der Waals surface area (Å²) in [4.78, 5) is 15.4. The van der Waals surface area contributed by atoms with E-state index in [0.717, 1.165) is 53.8 Å². The van der Waals surface area contributed by atoms with Gasteiger partial charge in [0.2, 0.25) is 5.91 Å². The maximum Gasteiger partial charge on any atom is 0.264 e. The Balaban J connectivity index is 1.46. The maximum absolute atomic E-state index is 13.5. The molecule has 0 atom stereocenters. The number of carbonyl (C=O) groups excluding carboxylic acids is 1. The molecule has 0 unspecified atom stereocenters. The highest BCUT2D eigenvalue weighted by Gasteiger charge is 2.27. The summed E-state index contributed by atoms with van der Waals surface area (Å²) >= 11 is 6.01. The second-order valence-corrected chi connectivity index (χ2v) is 11.1. The van der Waals surface area contributed by atoms with Crippen molar-refractivity contribution >= 4 is 33.2 Å². The van der Waals surface area contributed by atoms with E-state index >= 15 is 0 Å². The van der Waals surface area contributed by atoms with E-state index in [4.69, 9.17) is 16.3 Å². The Kier molecular flexibility index (Phi) is 8.64. The second-order valence-electron chi connectivity index (χ2n) is 8.79. The van der Waals surface area contributed by atoms with Crippen LogP contribution in [0, 0.1) is 6.92 Å². The van der Waals surface area contributed by atoms with E-state index in [1.807, 2.05) is 19.1 Å². The van der Waals surface area contributed by atoms with Gasteiger partial charge in [-0.3, -0.25) is 14.0 Å². The smallest absolute Gasteiger partial charge is 0.264 e. The van der Waals surface area contributed by atoms with Gasteiger partial charge in [-0.2, -0.15) is 0 Å². The molecule has 4 rings (SSSR count). The summed E-state index contributed by atoms with van der Waals surface area (Å²) in [7, 11) is -3.97. The van der Waals surface area contributed by atoms with Crippen molar-refractivity contribution < 1.29 is 17.9 Å². The number of benzene rings is 3. The average molecular weight is 528 g/mol. The van der Waals surface area contributed by atoms with Gasteiger partial charge < -0.3 is 10.1 Å². The molecule has 3 aromatic carbocycles. The summed E-state index contributed by atoms with van der Waals surface area (Å²) in [6.45, 7) is 5.94. The van der Waals surface area contributed by atoms with Gasteiger partial charge in [0, 0.05) is 31.2 Å². The summed E-state index contributed by atoms with van der Waals surface area (Å²) in [6.07, 6.45) is 0. The van der Waals surface area contributed by atoms with Crippen LogP contribution in [-0.4, -0.2) is 52.1 Å². The SMILES string of the molecule is Cc1ccc(S(=O)(=O)N(CC(=O)NCc2cccc(CN3CCOCC3)c2)c2ccc(Cl)cc2)cc1. The molecule has 1 aliphatic heterocycles. The molecule has 0 spiro atoms. The summed E-state index contributed by atoms with van der Waals surface area (Å²) < 4.78 is 33.5. The van der Waals surface area contributed by atoms with Crippen molar-refractivity contribution in [1.29, 1.82) is 0 Å². The molecule has 9 heteroatoms. The molecule has 1 aliphatic rings. The Hall–Kier alpha value is -2.91. The third-order valence-corrected chi connectivity index (χ3v) is 8.04. The van der Waals surface area contributed by atoms with Crippen molar-refractivity contribution in [2.75, 3.05) is 37.2 Å². The fourth-order valence-electron chi connectivity index (χ4n) is 4.00. The zero-order chi connectivity index (χ0) is 25.5. The van der Waals surface area contributed by atoms with Crippen LogP contribution in [0.4, 0.5) is 5.69 Å². The Morgan fingerprint density at radius 3 is 2.36 bits per heavy atom. The number of hydrogen-bond donors (Lipinski definition) is 1. The number of morpholine rings is 1. The van der Waals surface area contributed by atoms with E-state index in [1.54, 1.807) is 48.5 Å². The predicted octanol–water partition coefficient (Wildman–Crippen LogP) is 3.99. The van der Waals surface area contributed by atoms with Gasteiger partial charge in [0.05, 0.1) is 23.8 Å². The first-order valence-electron chi connectivity index (χ1n) is 11.8. The number of amides is 1. The number of anilines is 1. The van der Waals surface area contributed by atoms with E-state index in [-0.39, 0.29) is 11.4 Å². The number of halogens is 1. The molecule has 0 aromatic heterocycles. The molecule has 3 aromatic rings. The van der Waals surface area contributed by atoms with Gasteiger partial charge in [-0.05, 0) is 54.4 Å². The third kappa shape index (κ3) is 6.85. The zero-order valence-corrected chi connectivity index (χ0v) is 21.8. The molecule has 0 radical (unpaired) electrons. The highest BCUT2D eigenvalue weighted by Crippen LogP contribution is 2.25. The van der Waals surface area contributed by atoms with Gasteiger partial charge in [0.15, 0.2) is 0 Å². The van der Waals surface area contributed by atoms with Gasteiger partial charge in [0.1, 0.15) is 6.54 Å².